The van der Waals surface area contributed by atoms with Crippen LogP contribution in [-0.4, -0.2) is 22.5 Å². The van der Waals surface area contributed by atoms with Gasteiger partial charge >= 0.3 is 0 Å². The van der Waals surface area contributed by atoms with E-state index in [9.17, 15) is 24.4 Å². The largest absolute Gasteiger partial charge is 0.467 e. The molecular formula is C13H11FN2O5. The molecular weight excluding hydrogens is 283 g/mol. The van der Waals surface area contributed by atoms with Crippen LogP contribution < -0.4 is 5.32 Å². The molecule has 1 heterocycles. The number of nitrogens with zero attached hydrogens (tertiary/aromatic N) is 1. The number of carbonyl (C=O) groups is 1. The summed E-state index contributed by atoms with van der Waals surface area (Å²) in [6, 6.07) is 5.66. The lowest BCUT2D eigenvalue weighted by atomic mass is 10.1. The molecule has 110 valence electrons. The van der Waals surface area contributed by atoms with Gasteiger partial charge in [0.15, 0.2) is 0 Å². The highest BCUT2D eigenvalue weighted by Crippen LogP contribution is 2.20. The number of benzene rings is 1. The molecule has 0 fully saturated rings. The second kappa shape index (κ2) is 6.14. The predicted molar refractivity (Wildman–Crippen MR) is 69.1 cm³/mol. The number of carbonyl (C=O) groups excluding carboxylic acids is 1. The van der Waals surface area contributed by atoms with Gasteiger partial charge in [-0.25, -0.2) is 4.39 Å². The van der Waals surface area contributed by atoms with Gasteiger partial charge in [0.2, 0.25) is 0 Å². The van der Waals surface area contributed by atoms with Crippen LogP contribution in [0.2, 0.25) is 0 Å². The van der Waals surface area contributed by atoms with Crippen molar-refractivity contribution in [2.75, 3.05) is 6.54 Å². The molecule has 2 N–H and O–H groups in total. The fourth-order valence-corrected chi connectivity index (χ4v) is 1.72. The van der Waals surface area contributed by atoms with E-state index in [1.165, 1.54) is 12.3 Å². The van der Waals surface area contributed by atoms with Crippen molar-refractivity contribution < 1.29 is 23.6 Å². The molecule has 8 heteroatoms. The molecule has 1 unspecified atom stereocenters. The Hall–Kier alpha value is -2.74. The maximum Gasteiger partial charge on any atom is 0.282 e. The molecule has 0 aliphatic heterocycles. The third-order valence-electron chi connectivity index (χ3n) is 2.73. The van der Waals surface area contributed by atoms with Gasteiger partial charge in [-0.15, -0.1) is 0 Å². The standard InChI is InChI=1S/C13H11FN2O5/c14-8-3-4-10(16(19)20)9(6-8)13(18)15-7-11(17)12-2-1-5-21-12/h1-6,11,17H,7H2,(H,15,18). The molecule has 2 rings (SSSR count). The highest BCUT2D eigenvalue weighted by molar-refractivity contribution is 5.98. The second-order valence-corrected chi connectivity index (χ2v) is 4.16. The van der Waals surface area contributed by atoms with Crippen LogP contribution in [0.5, 0.6) is 0 Å². The molecule has 1 aromatic carbocycles. The fourth-order valence-electron chi connectivity index (χ4n) is 1.72. The number of nitro groups is 1. The van der Waals surface area contributed by atoms with Crippen molar-refractivity contribution in [3.63, 3.8) is 0 Å². The number of hydrogen-bond acceptors (Lipinski definition) is 5. The van der Waals surface area contributed by atoms with Crippen LogP contribution in [0.25, 0.3) is 0 Å². The van der Waals surface area contributed by atoms with Crippen LogP contribution in [0.1, 0.15) is 22.2 Å². The van der Waals surface area contributed by atoms with Gasteiger partial charge in [-0.05, 0) is 24.3 Å². The average Bonchev–Trinajstić information content (AvgIpc) is 2.98. The average molecular weight is 294 g/mol. The van der Waals surface area contributed by atoms with E-state index in [0.29, 0.717) is 0 Å². The summed E-state index contributed by atoms with van der Waals surface area (Å²) in [5.74, 6) is -1.38. The lowest BCUT2D eigenvalue weighted by Gasteiger charge is -2.09. The molecule has 0 aliphatic carbocycles. The van der Waals surface area contributed by atoms with Gasteiger partial charge in [0.05, 0.1) is 17.7 Å². The van der Waals surface area contributed by atoms with Crippen LogP contribution in [0.3, 0.4) is 0 Å². The molecule has 1 atom stereocenters. The lowest BCUT2D eigenvalue weighted by Crippen LogP contribution is -2.28. The Bertz CT molecular complexity index is 657. The first kappa shape index (κ1) is 14.7. The fraction of sp³-hybridized carbons (Fsp3) is 0.154. The van der Waals surface area contributed by atoms with Crippen molar-refractivity contribution in [1.29, 1.82) is 0 Å². The third kappa shape index (κ3) is 3.42. The highest BCUT2D eigenvalue weighted by atomic mass is 19.1. The van der Waals surface area contributed by atoms with Crippen molar-refractivity contribution >= 4 is 11.6 Å². The molecule has 0 bridgehead atoms. The number of nitro benzene ring substituents is 1. The first-order chi connectivity index (χ1) is 9.99. The number of hydrogen-bond donors (Lipinski definition) is 2. The topological polar surface area (TPSA) is 106 Å². The summed E-state index contributed by atoms with van der Waals surface area (Å²) < 4.78 is 18.1. The first-order valence-electron chi connectivity index (χ1n) is 5.92. The normalized spacial score (nSPS) is 11.9. The van der Waals surface area contributed by atoms with E-state index in [2.05, 4.69) is 5.32 Å². The Morgan fingerprint density at radius 2 is 2.24 bits per heavy atom. The summed E-state index contributed by atoms with van der Waals surface area (Å²) in [6.07, 6.45) is 0.259. The summed E-state index contributed by atoms with van der Waals surface area (Å²) in [5, 5.41) is 22.8. The van der Waals surface area contributed by atoms with E-state index in [-0.39, 0.29) is 12.3 Å². The van der Waals surface area contributed by atoms with Crippen molar-refractivity contribution in [3.05, 3.63) is 63.9 Å². The lowest BCUT2D eigenvalue weighted by molar-refractivity contribution is -0.385. The smallest absolute Gasteiger partial charge is 0.282 e. The van der Waals surface area contributed by atoms with Gasteiger partial charge in [0, 0.05) is 6.07 Å². The van der Waals surface area contributed by atoms with Gasteiger partial charge in [0.1, 0.15) is 23.2 Å². The van der Waals surface area contributed by atoms with Crippen LogP contribution >= 0.6 is 0 Å². The van der Waals surface area contributed by atoms with E-state index in [1.807, 2.05) is 0 Å². The van der Waals surface area contributed by atoms with Gasteiger partial charge in [-0.2, -0.15) is 0 Å². The molecule has 21 heavy (non-hydrogen) atoms. The van der Waals surface area contributed by atoms with Crippen molar-refractivity contribution in [3.8, 4) is 0 Å². The van der Waals surface area contributed by atoms with Gasteiger partial charge < -0.3 is 14.8 Å². The number of amides is 1. The Morgan fingerprint density at radius 3 is 2.86 bits per heavy atom. The molecule has 0 radical (unpaired) electrons. The number of nitrogens with one attached hydrogen (secondary N) is 1. The zero-order chi connectivity index (χ0) is 15.4. The van der Waals surface area contributed by atoms with E-state index in [0.717, 1.165) is 18.2 Å². The number of halogens is 1. The second-order valence-electron chi connectivity index (χ2n) is 4.16. The van der Waals surface area contributed by atoms with E-state index < -0.39 is 34.0 Å². The summed E-state index contributed by atoms with van der Waals surface area (Å²) in [6.45, 7) is -0.222. The SMILES string of the molecule is O=C(NCC(O)c1ccco1)c1cc(F)ccc1[N+](=O)[O-]. The van der Waals surface area contributed by atoms with Crippen LogP contribution in [-0.2, 0) is 0 Å². The zero-order valence-electron chi connectivity index (χ0n) is 10.7. The minimum absolute atomic E-state index is 0.222. The quantitative estimate of drug-likeness (QED) is 0.646. The number of aliphatic hydroxyl groups excluding tert-OH is 1. The molecule has 0 saturated carbocycles. The Labute approximate surface area is 118 Å². The maximum atomic E-state index is 13.1. The predicted octanol–water partition coefficient (Wildman–Crippen LogP) is 1.79. The monoisotopic (exact) mass is 294 g/mol. The number of aliphatic hydroxyl groups is 1. The third-order valence-corrected chi connectivity index (χ3v) is 2.73. The Balaban J connectivity index is 2.10. The molecule has 0 saturated heterocycles. The van der Waals surface area contributed by atoms with E-state index in [1.54, 1.807) is 6.07 Å². The molecule has 0 aliphatic rings. The number of furan rings is 1. The summed E-state index contributed by atoms with van der Waals surface area (Å²) in [5.41, 5.74) is -0.923. The van der Waals surface area contributed by atoms with E-state index in [4.69, 9.17) is 4.42 Å². The molecule has 0 spiro atoms. The van der Waals surface area contributed by atoms with Crippen molar-refractivity contribution in [2.24, 2.45) is 0 Å². The zero-order valence-corrected chi connectivity index (χ0v) is 10.7. The van der Waals surface area contributed by atoms with Crippen molar-refractivity contribution in [1.82, 2.24) is 5.32 Å². The van der Waals surface area contributed by atoms with Crippen LogP contribution in [0, 0.1) is 15.9 Å². The van der Waals surface area contributed by atoms with Crippen molar-refractivity contribution in [2.45, 2.75) is 6.10 Å². The van der Waals surface area contributed by atoms with Gasteiger partial charge in [0.25, 0.3) is 11.6 Å². The minimum atomic E-state index is -1.10. The molecule has 1 aromatic heterocycles. The summed E-state index contributed by atoms with van der Waals surface area (Å²) in [7, 11) is 0. The Kier molecular flexibility index (Phi) is 4.29. The van der Waals surface area contributed by atoms with Crippen LogP contribution in [0.15, 0.2) is 41.0 Å². The molecule has 7 nitrogen and oxygen atoms in total. The van der Waals surface area contributed by atoms with Gasteiger partial charge in [-0.1, -0.05) is 0 Å². The Morgan fingerprint density at radius 1 is 1.48 bits per heavy atom. The highest BCUT2D eigenvalue weighted by Gasteiger charge is 2.22. The van der Waals surface area contributed by atoms with Gasteiger partial charge in [-0.3, -0.25) is 14.9 Å². The number of rotatable bonds is 5. The van der Waals surface area contributed by atoms with Crippen LogP contribution in [0.4, 0.5) is 10.1 Å². The van der Waals surface area contributed by atoms with E-state index >= 15 is 0 Å². The minimum Gasteiger partial charge on any atom is -0.467 e. The summed E-state index contributed by atoms with van der Waals surface area (Å²) in [4.78, 5) is 21.9. The molecule has 2 aromatic rings. The molecule has 1 amide bonds. The maximum absolute atomic E-state index is 13.1. The first-order valence-corrected chi connectivity index (χ1v) is 5.92. The summed E-state index contributed by atoms with van der Waals surface area (Å²) >= 11 is 0.